The molecule has 0 aliphatic carbocycles. The van der Waals surface area contributed by atoms with Crippen molar-refractivity contribution in [2.24, 2.45) is 0 Å². The van der Waals surface area contributed by atoms with Gasteiger partial charge in [0.2, 0.25) is 0 Å². The number of ether oxygens (including phenoxy) is 1. The molecule has 0 atom stereocenters. The van der Waals surface area contributed by atoms with Gasteiger partial charge in [-0.2, -0.15) is 0 Å². The van der Waals surface area contributed by atoms with Crippen LogP contribution in [0.25, 0.3) is 6.08 Å². The average Bonchev–Trinajstić information content (AvgIpc) is 2.85. The number of thioether (sulfide) groups is 1. The van der Waals surface area contributed by atoms with E-state index in [1.54, 1.807) is 12.1 Å². The molecule has 120 valence electrons. The molecule has 1 aromatic carbocycles. The van der Waals surface area contributed by atoms with E-state index in [2.05, 4.69) is 10.2 Å². The average molecular weight is 351 g/mol. The second kappa shape index (κ2) is 6.65. The van der Waals surface area contributed by atoms with Gasteiger partial charge in [0.05, 0.1) is 23.0 Å². The van der Waals surface area contributed by atoms with Crippen molar-refractivity contribution in [3.63, 3.8) is 0 Å². The van der Waals surface area contributed by atoms with Crippen molar-refractivity contribution in [3.05, 3.63) is 38.8 Å². The zero-order chi connectivity index (χ0) is 16.4. The van der Waals surface area contributed by atoms with Crippen LogP contribution in [0.5, 0.6) is 0 Å². The Bertz CT molecular complexity index is 714. The first-order valence-electron chi connectivity index (χ1n) is 6.90. The molecule has 9 heteroatoms. The SMILES string of the molecule is O=C1NC(=S)S/C1=C\c1cc([N+](=O)[O-])ccc1N1CCOCC1. The van der Waals surface area contributed by atoms with Gasteiger partial charge in [0.25, 0.3) is 11.6 Å². The lowest BCUT2D eigenvalue weighted by atomic mass is 10.1. The van der Waals surface area contributed by atoms with Crippen molar-refractivity contribution in [2.45, 2.75) is 0 Å². The van der Waals surface area contributed by atoms with Crippen LogP contribution in [0.1, 0.15) is 5.56 Å². The molecule has 2 aliphatic rings. The lowest BCUT2D eigenvalue weighted by molar-refractivity contribution is -0.384. The highest BCUT2D eigenvalue weighted by Crippen LogP contribution is 2.32. The standard InChI is InChI=1S/C14H13N3O4S2/c18-13-12(23-14(22)15-13)8-9-7-10(17(19)20)1-2-11(9)16-3-5-21-6-4-16/h1-2,7-8H,3-6H2,(H,15,18,22)/b12-8-. The molecule has 0 aromatic heterocycles. The van der Waals surface area contributed by atoms with Gasteiger partial charge >= 0.3 is 0 Å². The van der Waals surface area contributed by atoms with Gasteiger partial charge in [-0.05, 0) is 12.1 Å². The fraction of sp³-hybridized carbons (Fsp3) is 0.286. The van der Waals surface area contributed by atoms with Gasteiger partial charge in [-0.3, -0.25) is 14.9 Å². The maximum Gasteiger partial charge on any atom is 0.270 e. The molecule has 2 heterocycles. The van der Waals surface area contributed by atoms with Crippen LogP contribution in [0.3, 0.4) is 0 Å². The molecule has 0 saturated carbocycles. The molecule has 1 amide bonds. The third kappa shape index (κ3) is 3.52. The summed E-state index contributed by atoms with van der Waals surface area (Å²) in [4.78, 5) is 25.0. The van der Waals surface area contributed by atoms with E-state index in [9.17, 15) is 14.9 Å². The predicted octanol–water partition coefficient (Wildman–Crippen LogP) is 1.92. The van der Waals surface area contributed by atoms with Crippen LogP contribution < -0.4 is 10.2 Å². The van der Waals surface area contributed by atoms with Crippen molar-refractivity contribution in [3.8, 4) is 0 Å². The van der Waals surface area contributed by atoms with Crippen LogP contribution in [0.2, 0.25) is 0 Å². The molecule has 2 fully saturated rings. The lowest BCUT2D eigenvalue weighted by Gasteiger charge is -2.30. The second-order valence-electron chi connectivity index (χ2n) is 4.95. The summed E-state index contributed by atoms with van der Waals surface area (Å²) < 4.78 is 5.73. The number of morpholine rings is 1. The first-order chi connectivity index (χ1) is 11.0. The van der Waals surface area contributed by atoms with Crippen LogP contribution in [0.4, 0.5) is 11.4 Å². The van der Waals surface area contributed by atoms with E-state index in [4.69, 9.17) is 17.0 Å². The van der Waals surface area contributed by atoms with Gasteiger partial charge in [0, 0.05) is 36.5 Å². The third-order valence-corrected chi connectivity index (χ3v) is 4.67. The summed E-state index contributed by atoms with van der Waals surface area (Å²) in [6.07, 6.45) is 1.65. The Morgan fingerprint density at radius 3 is 2.74 bits per heavy atom. The Morgan fingerprint density at radius 1 is 1.39 bits per heavy atom. The number of rotatable bonds is 3. The van der Waals surface area contributed by atoms with Crippen molar-refractivity contribution < 1.29 is 14.5 Å². The number of benzene rings is 1. The van der Waals surface area contributed by atoms with Crippen molar-refractivity contribution >= 4 is 51.7 Å². The van der Waals surface area contributed by atoms with E-state index in [1.807, 2.05) is 0 Å². The highest BCUT2D eigenvalue weighted by atomic mass is 32.2. The predicted molar refractivity (Wildman–Crippen MR) is 92.4 cm³/mol. The van der Waals surface area contributed by atoms with Crippen LogP contribution in [0.15, 0.2) is 23.1 Å². The number of non-ortho nitro benzene ring substituents is 1. The van der Waals surface area contributed by atoms with Gasteiger partial charge in [-0.1, -0.05) is 24.0 Å². The molecule has 7 nitrogen and oxygen atoms in total. The number of carbonyl (C=O) groups excluding carboxylic acids is 1. The number of carbonyl (C=O) groups is 1. The molecular formula is C14H13N3O4S2. The van der Waals surface area contributed by atoms with Crippen LogP contribution >= 0.6 is 24.0 Å². The lowest BCUT2D eigenvalue weighted by Crippen LogP contribution is -2.36. The first kappa shape index (κ1) is 15.9. The number of nitrogens with one attached hydrogen (secondary N) is 1. The number of nitrogens with zero attached hydrogens (tertiary/aromatic N) is 2. The number of amides is 1. The smallest absolute Gasteiger partial charge is 0.270 e. The summed E-state index contributed by atoms with van der Waals surface area (Å²) in [5, 5.41) is 13.6. The zero-order valence-electron chi connectivity index (χ0n) is 12.0. The van der Waals surface area contributed by atoms with Crippen LogP contribution in [0, 0.1) is 10.1 Å². The number of hydrogen-bond donors (Lipinski definition) is 1. The number of nitro groups is 1. The molecular weight excluding hydrogens is 338 g/mol. The molecule has 1 N–H and O–H groups in total. The monoisotopic (exact) mass is 351 g/mol. The van der Waals surface area contributed by atoms with Crippen molar-refractivity contribution in [1.29, 1.82) is 0 Å². The summed E-state index contributed by atoms with van der Waals surface area (Å²) in [7, 11) is 0. The summed E-state index contributed by atoms with van der Waals surface area (Å²) in [5.74, 6) is -0.278. The summed E-state index contributed by atoms with van der Waals surface area (Å²) in [6, 6.07) is 4.66. The molecule has 3 rings (SSSR count). The molecule has 0 spiro atoms. The van der Waals surface area contributed by atoms with Crippen LogP contribution in [-0.2, 0) is 9.53 Å². The molecule has 23 heavy (non-hydrogen) atoms. The van der Waals surface area contributed by atoms with Gasteiger partial charge in [0.1, 0.15) is 4.32 Å². The van der Waals surface area contributed by atoms with Crippen LogP contribution in [-0.4, -0.2) is 41.5 Å². The maximum absolute atomic E-state index is 11.8. The minimum Gasteiger partial charge on any atom is -0.378 e. The Morgan fingerprint density at radius 2 is 2.13 bits per heavy atom. The fourth-order valence-corrected chi connectivity index (χ4v) is 3.46. The molecule has 0 unspecified atom stereocenters. The normalized spacial score (nSPS) is 20.0. The van der Waals surface area contributed by atoms with Gasteiger partial charge in [0.15, 0.2) is 0 Å². The Balaban J connectivity index is 2.02. The summed E-state index contributed by atoms with van der Waals surface area (Å²) in [6.45, 7) is 2.61. The minimum absolute atomic E-state index is 0.0140. The molecule has 1 aromatic rings. The van der Waals surface area contributed by atoms with Crippen molar-refractivity contribution in [2.75, 3.05) is 31.2 Å². The van der Waals surface area contributed by atoms with Gasteiger partial charge < -0.3 is 15.0 Å². The minimum atomic E-state index is -0.447. The van der Waals surface area contributed by atoms with Gasteiger partial charge in [-0.25, -0.2) is 0 Å². The summed E-state index contributed by atoms with van der Waals surface area (Å²) in [5.41, 5.74) is 1.46. The third-order valence-electron chi connectivity index (χ3n) is 3.50. The number of thiocarbonyl (C=S) groups is 1. The highest BCUT2D eigenvalue weighted by Gasteiger charge is 2.24. The fourth-order valence-electron chi connectivity index (χ4n) is 2.43. The second-order valence-corrected chi connectivity index (χ2v) is 6.67. The Kier molecular flexibility index (Phi) is 4.60. The van der Waals surface area contributed by atoms with E-state index in [1.165, 1.54) is 12.1 Å². The zero-order valence-corrected chi connectivity index (χ0v) is 13.6. The first-order valence-corrected chi connectivity index (χ1v) is 8.13. The summed E-state index contributed by atoms with van der Waals surface area (Å²) >= 11 is 6.13. The molecule has 0 radical (unpaired) electrons. The van der Waals surface area contributed by atoms with E-state index >= 15 is 0 Å². The highest BCUT2D eigenvalue weighted by molar-refractivity contribution is 8.26. The van der Waals surface area contributed by atoms with Crippen molar-refractivity contribution in [1.82, 2.24) is 5.32 Å². The quantitative estimate of drug-likeness (QED) is 0.385. The van der Waals surface area contributed by atoms with E-state index in [-0.39, 0.29) is 11.6 Å². The maximum atomic E-state index is 11.8. The number of anilines is 1. The number of nitro benzene ring substituents is 1. The Labute approximate surface area is 141 Å². The number of hydrogen-bond acceptors (Lipinski definition) is 7. The molecule has 0 bridgehead atoms. The molecule has 2 aliphatic heterocycles. The largest absolute Gasteiger partial charge is 0.378 e. The molecule has 2 saturated heterocycles. The topological polar surface area (TPSA) is 84.7 Å². The van der Waals surface area contributed by atoms with E-state index < -0.39 is 4.92 Å². The van der Waals surface area contributed by atoms with Gasteiger partial charge in [-0.15, -0.1) is 0 Å². The van der Waals surface area contributed by atoms with E-state index in [0.29, 0.717) is 41.1 Å². The Hall–Kier alpha value is -1.97. The van der Waals surface area contributed by atoms with E-state index in [0.717, 1.165) is 17.4 Å².